The number of benzene rings is 2. The van der Waals surface area contributed by atoms with Crippen molar-refractivity contribution in [3.05, 3.63) is 69.8 Å². The maximum absolute atomic E-state index is 12.2. The summed E-state index contributed by atoms with van der Waals surface area (Å²) in [6.07, 6.45) is 8.39. The van der Waals surface area contributed by atoms with E-state index in [4.69, 9.17) is 9.47 Å². The van der Waals surface area contributed by atoms with Crippen LogP contribution in [0.1, 0.15) is 132 Å². The van der Waals surface area contributed by atoms with Gasteiger partial charge in [0.25, 0.3) is 0 Å². The van der Waals surface area contributed by atoms with Crippen molar-refractivity contribution in [2.75, 3.05) is 0 Å². The number of cyclic esters (lactones) is 4. The number of esters is 4. The summed E-state index contributed by atoms with van der Waals surface area (Å²) in [4.78, 5) is 48.1. The van der Waals surface area contributed by atoms with E-state index < -0.39 is 23.9 Å². The fourth-order valence-corrected chi connectivity index (χ4v) is 5.50. The first-order chi connectivity index (χ1) is 17.0. The number of hydrogen-bond acceptors (Lipinski definition) is 6. The number of unbranched alkanes of at least 4 members (excludes halogenated alkanes) is 5. The molecule has 0 fully saturated rings. The average Bonchev–Trinajstić information content (AvgIpc) is 3.29. The molecule has 190 valence electrons. The molecular formula is C30H34O6. The lowest BCUT2D eigenvalue weighted by atomic mass is 9.76. The Morgan fingerprint density at radius 2 is 0.889 bits per heavy atom. The Morgan fingerprint density at radius 1 is 0.528 bits per heavy atom. The minimum absolute atomic E-state index is 0.225. The third-order valence-electron chi connectivity index (χ3n) is 7.66. The van der Waals surface area contributed by atoms with Crippen molar-refractivity contribution in [3.8, 4) is 0 Å². The summed E-state index contributed by atoms with van der Waals surface area (Å²) in [5.41, 5.74) is 2.92. The van der Waals surface area contributed by atoms with Gasteiger partial charge in [-0.25, -0.2) is 19.2 Å². The van der Waals surface area contributed by atoms with E-state index in [2.05, 4.69) is 27.7 Å². The fraction of sp³-hybridized carbons (Fsp3) is 0.467. The Kier molecular flexibility index (Phi) is 7.17. The zero-order valence-electron chi connectivity index (χ0n) is 21.6. The van der Waals surface area contributed by atoms with Crippen LogP contribution in [0.15, 0.2) is 36.4 Å². The minimum atomic E-state index is -0.555. The predicted molar refractivity (Wildman–Crippen MR) is 135 cm³/mol. The van der Waals surface area contributed by atoms with E-state index in [0.29, 0.717) is 22.3 Å². The van der Waals surface area contributed by atoms with Crippen molar-refractivity contribution < 1.29 is 28.7 Å². The van der Waals surface area contributed by atoms with Crippen LogP contribution >= 0.6 is 0 Å². The summed E-state index contributed by atoms with van der Waals surface area (Å²) in [5, 5.41) is 0. The number of carbonyl (C=O) groups is 4. The predicted octanol–water partition coefficient (Wildman–Crippen LogP) is 6.68. The molecule has 0 spiro atoms. The van der Waals surface area contributed by atoms with Crippen LogP contribution < -0.4 is 0 Å². The molecule has 0 bridgehead atoms. The number of rotatable bonds is 11. The zero-order valence-corrected chi connectivity index (χ0v) is 21.6. The van der Waals surface area contributed by atoms with E-state index in [0.717, 1.165) is 62.5 Å². The van der Waals surface area contributed by atoms with Crippen molar-refractivity contribution in [1.29, 1.82) is 0 Å². The molecule has 0 aromatic heterocycles. The molecule has 2 aliphatic rings. The monoisotopic (exact) mass is 490 g/mol. The van der Waals surface area contributed by atoms with Gasteiger partial charge in [0.15, 0.2) is 0 Å². The van der Waals surface area contributed by atoms with Gasteiger partial charge < -0.3 is 9.47 Å². The molecule has 6 nitrogen and oxygen atoms in total. The lowest BCUT2D eigenvalue weighted by molar-refractivity contribution is 0.0424. The normalized spacial score (nSPS) is 15.1. The van der Waals surface area contributed by atoms with Crippen LogP contribution in [0.2, 0.25) is 0 Å². The van der Waals surface area contributed by atoms with Gasteiger partial charge in [-0.1, -0.05) is 90.5 Å². The van der Waals surface area contributed by atoms with Gasteiger partial charge in [-0.3, -0.25) is 0 Å². The quantitative estimate of drug-likeness (QED) is 0.198. The second-order valence-corrected chi connectivity index (χ2v) is 11.2. The standard InChI is InChI=1S/C30H34O6/c1-29(2,21-15-11-13-19-23(21)27(33)35-25(19)31)17-9-7-5-6-8-10-18-30(3,4)22-16-12-14-20-24(22)28(34)36-26(20)32/h11-16H,5-10,17-18H2,1-4H3. The van der Waals surface area contributed by atoms with Gasteiger partial charge in [0.05, 0.1) is 22.3 Å². The molecule has 0 saturated carbocycles. The lowest BCUT2D eigenvalue weighted by Crippen LogP contribution is -2.21. The summed E-state index contributed by atoms with van der Waals surface area (Å²) in [6, 6.07) is 10.8. The van der Waals surface area contributed by atoms with Crippen molar-refractivity contribution in [1.82, 2.24) is 0 Å². The highest BCUT2D eigenvalue weighted by Crippen LogP contribution is 2.37. The highest BCUT2D eigenvalue weighted by Gasteiger charge is 2.37. The van der Waals surface area contributed by atoms with E-state index in [-0.39, 0.29) is 10.8 Å². The molecule has 2 aromatic rings. The van der Waals surface area contributed by atoms with Gasteiger partial charge in [-0.15, -0.1) is 0 Å². The van der Waals surface area contributed by atoms with Crippen LogP contribution in [-0.4, -0.2) is 23.9 Å². The molecule has 0 amide bonds. The molecular weight excluding hydrogens is 456 g/mol. The molecule has 0 atom stereocenters. The number of carbonyl (C=O) groups excluding carboxylic acids is 4. The van der Waals surface area contributed by atoms with Crippen molar-refractivity contribution in [2.24, 2.45) is 0 Å². The van der Waals surface area contributed by atoms with Crippen molar-refractivity contribution >= 4 is 23.9 Å². The first-order valence-electron chi connectivity index (χ1n) is 12.8. The SMILES string of the molecule is CC(C)(CCCCCCCCC(C)(C)c1cccc2c1C(=O)OC2=O)c1cccc2c1C(=O)OC2=O. The van der Waals surface area contributed by atoms with Crippen LogP contribution in [0, 0.1) is 0 Å². The van der Waals surface area contributed by atoms with Gasteiger partial charge in [0, 0.05) is 0 Å². The maximum atomic E-state index is 12.2. The molecule has 6 heteroatoms. The zero-order chi connectivity index (χ0) is 26.1. The van der Waals surface area contributed by atoms with Gasteiger partial charge in [0.1, 0.15) is 0 Å². The largest absolute Gasteiger partial charge is 0.386 e. The summed E-state index contributed by atoms with van der Waals surface area (Å²) < 4.78 is 9.63. The summed E-state index contributed by atoms with van der Waals surface area (Å²) in [7, 11) is 0. The Morgan fingerprint density at radius 3 is 1.28 bits per heavy atom. The molecule has 2 heterocycles. The first kappa shape index (κ1) is 25.8. The topological polar surface area (TPSA) is 86.7 Å². The van der Waals surface area contributed by atoms with Crippen LogP contribution in [-0.2, 0) is 20.3 Å². The molecule has 0 radical (unpaired) electrons. The fourth-order valence-electron chi connectivity index (χ4n) is 5.50. The van der Waals surface area contributed by atoms with E-state index in [1.807, 2.05) is 24.3 Å². The number of fused-ring (bicyclic) bond motifs is 2. The first-order valence-corrected chi connectivity index (χ1v) is 12.8. The summed E-state index contributed by atoms with van der Waals surface area (Å²) in [6.45, 7) is 8.46. The molecule has 36 heavy (non-hydrogen) atoms. The molecule has 0 N–H and O–H groups in total. The molecule has 4 rings (SSSR count). The molecule has 2 aromatic carbocycles. The van der Waals surface area contributed by atoms with Crippen LogP contribution in [0.3, 0.4) is 0 Å². The van der Waals surface area contributed by atoms with Gasteiger partial charge >= 0.3 is 23.9 Å². The van der Waals surface area contributed by atoms with Crippen LogP contribution in [0.25, 0.3) is 0 Å². The van der Waals surface area contributed by atoms with Crippen LogP contribution in [0.5, 0.6) is 0 Å². The Hall–Kier alpha value is -3.28. The Bertz CT molecular complexity index is 1120. The molecule has 0 aliphatic carbocycles. The Labute approximate surface area is 212 Å². The average molecular weight is 491 g/mol. The Balaban J connectivity index is 1.22. The molecule has 0 unspecified atom stereocenters. The molecule has 2 aliphatic heterocycles. The van der Waals surface area contributed by atoms with Gasteiger partial charge in [-0.2, -0.15) is 0 Å². The smallest absolute Gasteiger partial charge is 0.347 e. The second kappa shape index (κ2) is 10.00. The second-order valence-electron chi connectivity index (χ2n) is 11.2. The van der Waals surface area contributed by atoms with Gasteiger partial charge in [0.2, 0.25) is 0 Å². The highest BCUT2D eigenvalue weighted by molar-refractivity contribution is 6.16. The van der Waals surface area contributed by atoms with E-state index in [1.54, 1.807) is 12.1 Å². The lowest BCUT2D eigenvalue weighted by Gasteiger charge is -2.27. The minimum Gasteiger partial charge on any atom is -0.386 e. The van der Waals surface area contributed by atoms with E-state index in [9.17, 15) is 19.2 Å². The molecule has 0 saturated heterocycles. The number of ether oxygens (including phenoxy) is 2. The summed E-state index contributed by atoms with van der Waals surface area (Å²) in [5.74, 6) is -2.18. The third kappa shape index (κ3) is 4.99. The number of hydrogen-bond donors (Lipinski definition) is 0. The highest BCUT2D eigenvalue weighted by atomic mass is 16.6. The van der Waals surface area contributed by atoms with Gasteiger partial charge in [-0.05, 0) is 46.9 Å². The summed E-state index contributed by atoms with van der Waals surface area (Å²) >= 11 is 0. The third-order valence-corrected chi connectivity index (χ3v) is 7.66. The van der Waals surface area contributed by atoms with E-state index >= 15 is 0 Å². The van der Waals surface area contributed by atoms with E-state index in [1.165, 1.54) is 0 Å². The van der Waals surface area contributed by atoms with Crippen LogP contribution in [0.4, 0.5) is 0 Å². The van der Waals surface area contributed by atoms with Crippen molar-refractivity contribution in [3.63, 3.8) is 0 Å². The van der Waals surface area contributed by atoms with Crippen molar-refractivity contribution in [2.45, 2.75) is 89.9 Å². The maximum Gasteiger partial charge on any atom is 0.347 e.